The normalized spacial score (nSPS) is 24.6. The van der Waals surface area contributed by atoms with Crippen LogP contribution in [-0.4, -0.2) is 45.5 Å². The molecule has 2 atom stereocenters. The van der Waals surface area contributed by atoms with Crippen molar-refractivity contribution in [1.82, 2.24) is 9.84 Å². The summed E-state index contributed by atoms with van der Waals surface area (Å²) in [6.07, 6.45) is 1.19. The molecule has 102 valence electrons. The van der Waals surface area contributed by atoms with Gasteiger partial charge in [0.1, 0.15) is 0 Å². The zero-order chi connectivity index (χ0) is 13.1. The van der Waals surface area contributed by atoms with Crippen molar-refractivity contribution >= 4 is 10.0 Å². The molecule has 2 unspecified atom stereocenters. The monoisotopic (exact) mass is 264 g/mol. The molecule has 6 heteroatoms. The second-order valence-electron chi connectivity index (χ2n) is 5.10. The fraction of sp³-hybridized carbons (Fsp3) is 1.00. The number of nitrogens with zero attached hydrogens (tertiary/aromatic N) is 1. The lowest BCUT2D eigenvalue weighted by atomic mass is 10.3. The molecule has 0 saturated heterocycles. The Morgan fingerprint density at radius 2 is 2.06 bits per heavy atom. The molecule has 1 N–H and O–H groups in total. The summed E-state index contributed by atoms with van der Waals surface area (Å²) in [4.78, 5) is 2.65. The summed E-state index contributed by atoms with van der Waals surface area (Å²) in [5, 5.41) is 1.36. The molecule has 17 heavy (non-hydrogen) atoms. The molecule has 1 aliphatic carbocycles. The van der Waals surface area contributed by atoms with Crippen LogP contribution in [0.15, 0.2) is 0 Å². The zero-order valence-electron chi connectivity index (χ0n) is 11.1. The Morgan fingerprint density at radius 1 is 1.47 bits per heavy atom. The van der Waals surface area contributed by atoms with Gasteiger partial charge in [0.05, 0.1) is 11.9 Å². The maximum atomic E-state index is 11.8. The van der Waals surface area contributed by atoms with Crippen LogP contribution in [0.2, 0.25) is 0 Å². The highest BCUT2D eigenvalue weighted by Gasteiger charge is 2.34. The lowest BCUT2D eigenvalue weighted by Gasteiger charge is -2.24. The Morgan fingerprint density at radius 3 is 2.47 bits per heavy atom. The summed E-state index contributed by atoms with van der Waals surface area (Å²) in [6.45, 7) is 7.44. The minimum Gasteiger partial charge on any atom is -0.383 e. The van der Waals surface area contributed by atoms with Crippen molar-refractivity contribution in [2.75, 3.05) is 26.8 Å². The fourth-order valence-corrected chi connectivity index (χ4v) is 2.33. The van der Waals surface area contributed by atoms with E-state index in [2.05, 4.69) is 11.8 Å². The molecule has 0 aromatic carbocycles. The Kier molecular flexibility index (Phi) is 5.37. The van der Waals surface area contributed by atoms with Crippen molar-refractivity contribution < 1.29 is 13.2 Å². The van der Waals surface area contributed by atoms with Crippen LogP contribution in [0.5, 0.6) is 0 Å². The summed E-state index contributed by atoms with van der Waals surface area (Å²) in [6, 6.07) is 0. The van der Waals surface area contributed by atoms with Gasteiger partial charge in [-0.3, -0.25) is 0 Å². The van der Waals surface area contributed by atoms with E-state index in [4.69, 9.17) is 4.74 Å². The van der Waals surface area contributed by atoms with Crippen LogP contribution in [0.25, 0.3) is 0 Å². The zero-order valence-corrected chi connectivity index (χ0v) is 12.0. The van der Waals surface area contributed by atoms with Crippen LogP contribution >= 0.6 is 0 Å². The minimum atomic E-state index is -3.24. The van der Waals surface area contributed by atoms with E-state index >= 15 is 0 Å². The van der Waals surface area contributed by atoms with E-state index in [9.17, 15) is 8.42 Å². The molecular formula is C11H24N2O3S. The van der Waals surface area contributed by atoms with Gasteiger partial charge in [-0.05, 0) is 32.1 Å². The third-order valence-electron chi connectivity index (χ3n) is 3.17. The smallest absolute Gasteiger partial charge is 0.226 e. The van der Waals surface area contributed by atoms with Crippen molar-refractivity contribution in [3.8, 4) is 0 Å². The van der Waals surface area contributed by atoms with Gasteiger partial charge in [0.2, 0.25) is 10.0 Å². The van der Waals surface area contributed by atoms with Gasteiger partial charge in [-0.2, -0.15) is 0 Å². The van der Waals surface area contributed by atoms with Gasteiger partial charge in [0.15, 0.2) is 0 Å². The van der Waals surface area contributed by atoms with E-state index in [0.717, 1.165) is 6.54 Å². The molecule has 0 aliphatic heterocycles. The summed E-state index contributed by atoms with van der Waals surface area (Å²) >= 11 is 0. The number of nitrogens with one attached hydrogen (secondary N) is 1. The van der Waals surface area contributed by atoms with Crippen molar-refractivity contribution in [2.45, 2.75) is 32.4 Å². The van der Waals surface area contributed by atoms with Crippen LogP contribution in [0.1, 0.15) is 27.2 Å². The third kappa shape index (κ3) is 4.91. The van der Waals surface area contributed by atoms with Crippen molar-refractivity contribution in [1.29, 1.82) is 0 Å². The highest BCUT2D eigenvalue weighted by molar-refractivity contribution is 7.90. The summed E-state index contributed by atoms with van der Waals surface area (Å²) in [7, 11) is -1.62. The maximum absolute atomic E-state index is 11.8. The van der Waals surface area contributed by atoms with Crippen LogP contribution in [-0.2, 0) is 14.8 Å². The van der Waals surface area contributed by atoms with E-state index in [1.54, 1.807) is 26.0 Å². The first-order valence-electron chi connectivity index (χ1n) is 6.12. The third-order valence-corrected chi connectivity index (χ3v) is 4.93. The van der Waals surface area contributed by atoms with Crippen LogP contribution in [0, 0.1) is 11.8 Å². The van der Waals surface area contributed by atoms with E-state index in [-0.39, 0.29) is 0 Å². The number of rotatable bonds is 8. The number of ether oxygens (including phenoxy) is 1. The first-order valence-corrected chi connectivity index (χ1v) is 7.66. The first-order chi connectivity index (χ1) is 7.86. The average Bonchev–Trinajstić information content (AvgIpc) is 2.90. The molecule has 0 amide bonds. The number of hydrogen-bond acceptors (Lipinski definition) is 4. The maximum Gasteiger partial charge on any atom is 0.226 e. The second-order valence-corrected chi connectivity index (χ2v) is 7.31. The van der Waals surface area contributed by atoms with Crippen LogP contribution in [0.4, 0.5) is 0 Å². The quantitative estimate of drug-likeness (QED) is 0.660. The van der Waals surface area contributed by atoms with Gasteiger partial charge in [0, 0.05) is 20.2 Å². The predicted octanol–water partition coefficient (Wildman–Crippen LogP) is 0.834. The second kappa shape index (κ2) is 6.13. The molecule has 0 aromatic rings. The van der Waals surface area contributed by atoms with E-state index in [1.165, 1.54) is 6.42 Å². The minimum absolute atomic E-state index is 0.413. The molecule has 1 fully saturated rings. The summed E-state index contributed by atoms with van der Waals surface area (Å²) < 4.78 is 28.6. The molecule has 0 spiro atoms. The highest BCUT2D eigenvalue weighted by Crippen LogP contribution is 2.37. The van der Waals surface area contributed by atoms with Crippen LogP contribution < -0.4 is 4.83 Å². The number of sulfonamides is 1. The fourth-order valence-electron chi connectivity index (χ4n) is 1.60. The van der Waals surface area contributed by atoms with Gasteiger partial charge in [-0.1, -0.05) is 6.92 Å². The van der Waals surface area contributed by atoms with E-state index in [0.29, 0.717) is 25.0 Å². The van der Waals surface area contributed by atoms with Gasteiger partial charge < -0.3 is 4.74 Å². The Balaban J connectivity index is 2.50. The number of methoxy groups -OCH3 is 1. The molecular weight excluding hydrogens is 240 g/mol. The Bertz CT molecular complexity index is 330. The van der Waals surface area contributed by atoms with E-state index in [1.807, 2.05) is 0 Å². The van der Waals surface area contributed by atoms with Gasteiger partial charge in [0.25, 0.3) is 0 Å². The van der Waals surface area contributed by atoms with Crippen LogP contribution in [0.3, 0.4) is 0 Å². The van der Waals surface area contributed by atoms with Crippen molar-refractivity contribution in [3.63, 3.8) is 0 Å². The van der Waals surface area contributed by atoms with Gasteiger partial charge >= 0.3 is 0 Å². The average molecular weight is 264 g/mol. The van der Waals surface area contributed by atoms with Gasteiger partial charge in [-0.25, -0.2) is 13.4 Å². The lowest BCUT2D eigenvalue weighted by Crippen LogP contribution is -2.47. The molecule has 1 saturated carbocycles. The molecule has 1 rings (SSSR count). The number of hydrazine groups is 1. The van der Waals surface area contributed by atoms with Crippen molar-refractivity contribution in [3.05, 3.63) is 0 Å². The van der Waals surface area contributed by atoms with Crippen molar-refractivity contribution in [2.24, 2.45) is 11.8 Å². The molecule has 1 aliphatic rings. The SMILES string of the molecule is COCCN(CC1CC1C)NS(=O)(=O)C(C)C. The first kappa shape index (κ1) is 14.9. The topological polar surface area (TPSA) is 58.6 Å². The standard InChI is InChI=1S/C11H24N2O3S/c1-9(2)17(14,15)12-13(5-6-16-4)8-11-7-10(11)3/h9-12H,5-8H2,1-4H3. The number of hydrogen-bond donors (Lipinski definition) is 1. The lowest BCUT2D eigenvalue weighted by molar-refractivity contribution is 0.131. The largest absolute Gasteiger partial charge is 0.383 e. The predicted molar refractivity (Wildman–Crippen MR) is 67.9 cm³/mol. The molecule has 0 radical (unpaired) electrons. The van der Waals surface area contributed by atoms with Gasteiger partial charge in [-0.15, -0.1) is 4.83 Å². The highest BCUT2D eigenvalue weighted by atomic mass is 32.2. The molecule has 0 bridgehead atoms. The van der Waals surface area contributed by atoms with E-state index < -0.39 is 15.3 Å². The summed E-state index contributed by atoms with van der Waals surface area (Å²) in [5.41, 5.74) is 0. The Hall–Kier alpha value is -0.170. The Labute approximate surface area is 105 Å². The molecule has 0 aromatic heterocycles. The molecule has 5 nitrogen and oxygen atoms in total. The molecule has 0 heterocycles. The summed E-state index contributed by atoms with van der Waals surface area (Å²) in [5.74, 6) is 1.32.